The number of carbonyl (C=O) groups is 2. The highest BCUT2D eigenvalue weighted by molar-refractivity contribution is 7.15. The van der Waals surface area contributed by atoms with E-state index >= 15 is 0 Å². The minimum Gasteiger partial charge on any atom is -0.433 e. The summed E-state index contributed by atoms with van der Waals surface area (Å²) in [6.07, 6.45) is -1.57. The van der Waals surface area contributed by atoms with Crippen LogP contribution in [0.3, 0.4) is 0 Å². The van der Waals surface area contributed by atoms with Crippen molar-refractivity contribution in [2.75, 3.05) is 5.32 Å². The Bertz CT molecular complexity index is 1480. The normalized spacial score (nSPS) is 12.1. The summed E-state index contributed by atoms with van der Waals surface area (Å²) in [5.74, 6) is -2.01. The van der Waals surface area contributed by atoms with Gasteiger partial charge in [0.1, 0.15) is 22.7 Å². The molecule has 0 aliphatic carbocycles. The lowest BCUT2D eigenvalue weighted by Gasteiger charge is -2.14. The average molecular weight is 593 g/mol. The van der Waals surface area contributed by atoms with Crippen LogP contribution < -0.4 is 15.4 Å². The zero-order valence-corrected chi connectivity index (χ0v) is 22.4. The quantitative estimate of drug-likeness (QED) is 0.224. The fourth-order valence-corrected chi connectivity index (χ4v) is 4.30. The van der Waals surface area contributed by atoms with E-state index < -0.39 is 24.0 Å². The van der Waals surface area contributed by atoms with Gasteiger partial charge in [0.25, 0.3) is 5.91 Å². The summed E-state index contributed by atoms with van der Waals surface area (Å²) in [6.45, 7) is 0.0263. The van der Waals surface area contributed by atoms with E-state index in [9.17, 15) is 27.2 Å². The van der Waals surface area contributed by atoms with Crippen LogP contribution in [0.5, 0.6) is 5.75 Å². The lowest BCUT2D eigenvalue weighted by Crippen LogP contribution is -2.24. The molecular weight excluding hydrogens is 568 g/mol. The zero-order valence-electron chi connectivity index (χ0n) is 21.6. The van der Waals surface area contributed by atoms with Gasteiger partial charge in [-0.3, -0.25) is 14.6 Å². The van der Waals surface area contributed by atoms with Crippen molar-refractivity contribution in [3.63, 3.8) is 0 Å². The number of ether oxygens (including phenoxy) is 1. The number of nitrogens with one attached hydrogen (secondary N) is 2. The van der Waals surface area contributed by atoms with E-state index in [-0.39, 0.29) is 55.3 Å². The molecule has 41 heavy (non-hydrogen) atoms. The monoisotopic (exact) mass is 592 g/mol. The number of carbonyl (C=O) groups excluding carboxylic acids is 2. The Morgan fingerprint density at radius 2 is 2.00 bits per heavy atom. The maximum atomic E-state index is 14.6. The number of pyridine rings is 1. The predicted molar refractivity (Wildman–Crippen MR) is 139 cm³/mol. The number of benzene rings is 1. The molecule has 3 heterocycles. The van der Waals surface area contributed by atoms with Gasteiger partial charge < -0.3 is 15.4 Å². The third-order valence-electron chi connectivity index (χ3n) is 5.36. The Kier molecular flexibility index (Phi) is 9.54. The molecule has 1 atom stereocenters. The third-order valence-corrected chi connectivity index (χ3v) is 6.26. The van der Waals surface area contributed by atoms with Crippen LogP contribution in [0.4, 0.5) is 22.7 Å². The van der Waals surface area contributed by atoms with E-state index in [1.807, 2.05) is 0 Å². The van der Waals surface area contributed by atoms with Crippen LogP contribution in [0.15, 0.2) is 48.8 Å². The van der Waals surface area contributed by atoms with Crippen molar-refractivity contribution in [3.05, 3.63) is 76.6 Å². The Labute approximate surface area is 235 Å². The third kappa shape index (κ3) is 9.30. The van der Waals surface area contributed by atoms with Gasteiger partial charge in [0.15, 0.2) is 5.69 Å². The molecule has 0 saturated heterocycles. The van der Waals surface area contributed by atoms with Crippen molar-refractivity contribution in [2.45, 2.75) is 51.6 Å². The van der Waals surface area contributed by atoms with Crippen molar-refractivity contribution in [1.29, 1.82) is 0 Å². The summed E-state index contributed by atoms with van der Waals surface area (Å²) < 4.78 is 60.3. The van der Waals surface area contributed by atoms with Crippen LogP contribution in [-0.4, -0.2) is 54.3 Å². The summed E-state index contributed by atoms with van der Waals surface area (Å²) in [4.78, 5) is 28.6. The summed E-state index contributed by atoms with van der Waals surface area (Å²) >= 11 is 1.14. The van der Waals surface area contributed by atoms with Gasteiger partial charge in [0, 0.05) is 37.3 Å². The number of aromatic nitrogens is 6. The van der Waals surface area contributed by atoms with Crippen LogP contribution in [0.1, 0.15) is 40.1 Å². The lowest BCUT2D eigenvalue weighted by atomic mass is 10.2. The van der Waals surface area contributed by atoms with Crippen molar-refractivity contribution >= 4 is 28.3 Å². The van der Waals surface area contributed by atoms with Gasteiger partial charge in [-0.05, 0) is 36.8 Å². The molecule has 0 saturated carbocycles. The highest BCUT2D eigenvalue weighted by Crippen LogP contribution is 2.23. The van der Waals surface area contributed by atoms with Crippen LogP contribution >= 0.6 is 11.3 Å². The molecule has 0 fully saturated rings. The first-order chi connectivity index (χ1) is 19.5. The maximum absolute atomic E-state index is 14.6. The highest BCUT2D eigenvalue weighted by atomic mass is 32.1. The number of nitrogens with zero attached hydrogens (tertiary/aromatic N) is 6. The second kappa shape index (κ2) is 13.3. The first-order valence-electron chi connectivity index (χ1n) is 12.2. The number of aryl methyl sites for hydroxylation is 1. The topological polar surface area (TPSA) is 137 Å². The minimum atomic E-state index is -3.45. The molecule has 3 aromatic heterocycles. The SMILES string of the molecule is CC(F)(F)Oc1ccc(F)c(CNC(=O)c2cn(C[C@H](F)CCc3nnc(NC(=O)Cc4ccccn4)s3)nn2)c1. The molecule has 2 N–H and O–H groups in total. The van der Waals surface area contributed by atoms with E-state index in [2.05, 4.69) is 40.9 Å². The molecule has 0 aliphatic rings. The second-order valence-electron chi connectivity index (χ2n) is 8.85. The van der Waals surface area contributed by atoms with Crippen molar-refractivity contribution < 1.29 is 31.9 Å². The van der Waals surface area contributed by atoms with Gasteiger partial charge in [0.05, 0.1) is 19.2 Å². The van der Waals surface area contributed by atoms with E-state index in [1.165, 1.54) is 6.20 Å². The van der Waals surface area contributed by atoms with Gasteiger partial charge in [-0.25, -0.2) is 13.5 Å². The molecule has 11 nitrogen and oxygen atoms in total. The number of hydrogen-bond donors (Lipinski definition) is 2. The predicted octanol–water partition coefficient (Wildman–Crippen LogP) is 3.74. The number of anilines is 1. The largest absolute Gasteiger partial charge is 0.433 e. The Balaban J connectivity index is 1.21. The van der Waals surface area contributed by atoms with Crippen LogP contribution in [0.25, 0.3) is 0 Å². The smallest absolute Gasteiger partial charge is 0.394 e. The molecular formula is C25H24F4N8O3S. The average Bonchev–Trinajstić information content (AvgIpc) is 3.57. The molecule has 2 amide bonds. The van der Waals surface area contributed by atoms with Crippen molar-refractivity contribution in [1.82, 2.24) is 35.5 Å². The van der Waals surface area contributed by atoms with E-state index in [0.29, 0.717) is 22.8 Å². The fraction of sp³-hybridized carbons (Fsp3) is 0.320. The molecule has 0 bridgehead atoms. The van der Waals surface area contributed by atoms with Crippen LogP contribution in [0.2, 0.25) is 0 Å². The second-order valence-corrected chi connectivity index (χ2v) is 9.92. The summed E-state index contributed by atoms with van der Waals surface area (Å²) in [6, 6.07) is 8.31. The first-order valence-corrected chi connectivity index (χ1v) is 13.1. The molecule has 1 aromatic carbocycles. The molecule has 0 aliphatic heterocycles. The van der Waals surface area contributed by atoms with Crippen LogP contribution in [0, 0.1) is 5.82 Å². The summed E-state index contributed by atoms with van der Waals surface area (Å²) in [5.41, 5.74) is 0.392. The Morgan fingerprint density at radius 1 is 1.17 bits per heavy atom. The van der Waals surface area contributed by atoms with Gasteiger partial charge in [-0.2, -0.15) is 8.78 Å². The summed E-state index contributed by atoms with van der Waals surface area (Å²) in [7, 11) is 0. The van der Waals surface area contributed by atoms with Crippen molar-refractivity contribution in [2.24, 2.45) is 0 Å². The number of hydrogen-bond acceptors (Lipinski definition) is 9. The summed E-state index contributed by atoms with van der Waals surface area (Å²) in [5, 5.41) is 21.2. The molecule has 0 radical (unpaired) electrons. The first kappa shape index (κ1) is 29.5. The molecule has 216 valence electrons. The maximum Gasteiger partial charge on any atom is 0.394 e. The number of amides is 2. The Morgan fingerprint density at radius 3 is 2.76 bits per heavy atom. The van der Waals surface area contributed by atoms with Gasteiger partial charge in [-0.15, -0.1) is 15.3 Å². The molecule has 4 rings (SSSR count). The number of halogens is 4. The standard InChI is InChI=1S/C25H24F4N8O3S/c1-25(28,29)40-18-6-7-19(27)15(10-18)12-31-23(39)20-14-37(36-33-20)13-16(26)5-8-22-34-35-24(41-22)32-21(38)11-17-4-2-3-9-30-17/h2-4,6-7,9-10,14,16H,5,8,11-13H2,1H3,(H,31,39)(H,32,35,38)/t16-/m1/s1. The van der Waals surface area contributed by atoms with Crippen LogP contribution in [-0.2, 0) is 30.7 Å². The van der Waals surface area contributed by atoms with Gasteiger partial charge >= 0.3 is 6.11 Å². The van der Waals surface area contributed by atoms with Crippen molar-refractivity contribution in [3.8, 4) is 5.75 Å². The molecule has 0 unspecified atom stereocenters. The highest BCUT2D eigenvalue weighted by Gasteiger charge is 2.24. The van der Waals surface area contributed by atoms with Gasteiger partial charge in [0.2, 0.25) is 11.0 Å². The Hall–Kier alpha value is -4.47. The lowest BCUT2D eigenvalue weighted by molar-refractivity contribution is -0.159. The zero-order chi connectivity index (χ0) is 29.4. The fourth-order valence-electron chi connectivity index (χ4n) is 3.52. The number of alkyl halides is 3. The van der Waals surface area contributed by atoms with Gasteiger partial charge in [-0.1, -0.05) is 22.6 Å². The van der Waals surface area contributed by atoms with E-state index in [1.54, 1.807) is 24.4 Å². The van der Waals surface area contributed by atoms with E-state index in [4.69, 9.17) is 0 Å². The number of rotatable bonds is 13. The molecule has 0 spiro atoms. The minimum absolute atomic E-state index is 0.0758. The molecule has 16 heteroatoms. The van der Waals surface area contributed by atoms with E-state index in [0.717, 1.165) is 34.2 Å². The molecule has 4 aromatic rings.